The molecule has 0 unspecified atom stereocenters. The van der Waals surface area contributed by atoms with Crippen molar-refractivity contribution in [2.24, 2.45) is 0 Å². The minimum Gasteiger partial charge on any atom is -0.502 e. The SMILES string of the molecule is COC(=O)c1cccc([N+](=O)[O-])c1OC.COc1c(C(=O)Nc2ccc([N+](=O)[O-])cc2Cl)cccc1[N+](=O)[O-].COc1c(C(=O)O)cccc1[N+](=O)[O-].O=C(Nc1ccc([N+](=O)[O-])cc1Cl)c1cccc([N+](=O)[O-])c1O.O=C(O)c1cccc([N+](=O)[O-])c1O. The maximum absolute atomic E-state index is 12.3. The summed E-state index contributed by atoms with van der Waals surface area (Å²) in [4.78, 5) is 126. The van der Waals surface area contributed by atoms with E-state index in [0.29, 0.717) is 0 Å². The number of hydrogen-bond acceptors (Lipinski definition) is 25. The average Bonchev–Trinajstić information content (AvgIpc) is 2.92. The van der Waals surface area contributed by atoms with Gasteiger partial charge in [0.2, 0.25) is 28.7 Å². The summed E-state index contributed by atoms with van der Waals surface area (Å²) in [5.41, 5.74) is -3.56. The molecule has 2 amide bonds. The molecule has 7 aromatic carbocycles. The van der Waals surface area contributed by atoms with E-state index in [0.717, 1.165) is 36.4 Å². The van der Waals surface area contributed by atoms with Crippen LogP contribution >= 0.6 is 23.2 Å². The minimum atomic E-state index is -1.40. The molecule has 6 N–H and O–H groups in total. The third kappa shape index (κ3) is 18.6. The predicted molar refractivity (Wildman–Crippen MR) is 306 cm³/mol. The van der Waals surface area contributed by atoms with E-state index in [4.69, 9.17) is 48.0 Å². The predicted octanol–water partition coefficient (Wildman–Crippen LogP) is 10.2. The monoisotopic (exact) mass is 1280 g/mol. The number of anilines is 2. The molecule has 0 saturated carbocycles. The Morgan fingerprint density at radius 3 is 1.01 bits per heavy atom. The standard InChI is InChI=1S/C14H10ClN3O6.C13H8ClN3O6.C9H9NO5.C8H7NO5.C7H5NO5/c1-24-13-9(3-2-4-12(13)18(22)23)14(19)16-11-6-5-8(17(20)21)7-10(11)15;14-9-6-7(16(20)21)4-5-10(9)15-13(19)8-2-1-3-11(12(8)18)17(22)23;1-14-8-6(9(11)15-2)4-3-5-7(8)10(12)13;1-14-7-5(8(10)11)3-2-4-6(7)9(12)13;9-6-4(7(10)11)2-1-3-5(6)8(12)13/h2-7H,1H3,(H,16,19);1-6,18H,(H,15,19);3-5H,1-2H3;2-4H,1H3,(H,10,11);1-3,9H,(H,10,11). The number of carbonyl (C=O) groups excluding carboxylic acids is 3. The fraction of sp³-hybridized carbons (Fsp3) is 0.0784. The number of aromatic carboxylic acids is 2. The van der Waals surface area contributed by atoms with Crippen molar-refractivity contribution in [1.82, 2.24) is 0 Å². The third-order valence-electron chi connectivity index (χ3n) is 10.8. The topological polar surface area (TPSA) is 529 Å². The molecule has 0 radical (unpaired) electrons. The minimum absolute atomic E-state index is 0.0363. The van der Waals surface area contributed by atoms with Gasteiger partial charge in [-0.3, -0.25) is 80.4 Å². The highest BCUT2D eigenvalue weighted by Gasteiger charge is 2.27. The highest BCUT2D eigenvalue weighted by molar-refractivity contribution is 6.34. The molecule has 0 heterocycles. The molecule has 0 spiro atoms. The molecule has 38 heteroatoms. The van der Waals surface area contributed by atoms with Crippen molar-refractivity contribution in [3.8, 4) is 28.7 Å². The van der Waals surface area contributed by atoms with Crippen LogP contribution in [0.2, 0.25) is 10.0 Å². The van der Waals surface area contributed by atoms with E-state index in [1.165, 1.54) is 119 Å². The third-order valence-corrected chi connectivity index (χ3v) is 11.4. The van der Waals surface area contributed by atoms with Crippen LogP contribution in [0.15, 0.2) is 127 Å². The van der Waals surface area contributed by atoms with Gasteiger partial charge in [0.05, 0.1) is 95.4 Å². The van der Waals surface area contributed by atoms with Crippen molar-refractivity contribution in [2.45, 2.75) is 0 Å². The zero-order valence-corrected chi connectivity index (χ0v) is 46.7. The summed E-state index contributed by atoms with van der Waals surface area (Å²) in [6.45, 7) is 0. The lowest BCUT2D eigenvalue weighted by atomic mass is 10.1. The summed E-state index contributed by atoms with van der Waals surface area (Å²) < 4.78 is 18.9. The van der Waals surface area contributed by atoms with Gasteiger partial charge in [-0.05, 0) is 42.5 Å². The van der Waals surface area contributed by atoms with E-state index in [1.54, 1.807) is 0 Å². The smallest absolute Gasteiger partial charge is 0.341 e. The fourth-order valence-corrected chi connectivity index (χ4v) is 7.24. The molecular weight excluding hydrogens is 1240 g/mol. The first kappa shape index (κ1) is 70.5. The second-order valence-corrected chi connectivity index (χ2v) is 16.9. The highest BCUT2D eigenvalue weighted by Crippen LogP contribution is 2.36. The lowest BCUT2D eigenvalue weighted by molar-refractivity contribution is -0.386. The molecule has 0 aliphatic heterocycles. The summed E-state index contributed by atoms with van der Waals surface area (Å²) in [6.07, 6.45) is 0. The van der Waals surface area contributed by atoms with E-state index in [1.807, 2.05) is 0 Å². The van der Waals surface area contributed by atoms with E-state index in [9.17, 15) is 99.9 Å². The van der Waals surface area contributed by atoms with Crippen LogP contribution in [-0.2, 0) is 4.74 Å². The Hall–Kier alpha value is -12.7. The number of esters is 1. The molecule has 0 atom stereocenters. The Morgan fingerprint density at radius 2 is 0.685 bits per heavy atom. The molecule has 0 bridgehead atoms. The summed E-state index contributed by atoms with van der Waals surface area (Å²) in [5, 5.41) is 115. The van der Waals surface area contributed by atoms with Crippen molar-refractivity contribution >= 4 is 104 Å². The highest BCUT2D eigenvalue weighted by atomic mass is 35.5. The lowest BCUT2D eigenvalue weighted by Gasteiger charge is -2.10. The van der Waals surface area contributed by atoms with Crippen molar-refractivity contribution in [3.05, 3.63) is 236 Å². The second kappa shape index (κ2) is 32.4. The molecule has 0 aliphatic rings. The van der Waals surface area contributed by atoms with Crippen LogP contribution in [0.25, 0.3) is 0 Å². The number of phenols is 2. The number of carboxylic acids is 2. The number of amides is 2. The molecule has 89 heavy (non-hydrogen) atoms. The van der Waals surface area contributed by atoms with E-state index >= 15 is 0 Å². The van der Waals surface area contributed by atoms with Gasteiger partial charge >= 0.3 is 46.3 Å². The van der Waals surface area contributed by atoms with Gasteiger partial charge in [-0.25, -0.2) is 14.4 Å². The van der Waals surface area contributed by atoms with Crippen molar-refractivity contribution in [1.29, 1.82) is 0 Å². The van der Waals surface area contributed by atoms with Crippen molar-refractivity contribution in [2.75, 3.05) is 39.1 Å². The number of para-hydroxylation sites is 5. The quantitative estimate of drug-likeness (QED) is 0.0280. The second-order valence-electron chi connectivity index (χ2n) is 16.1. The molecule has 0 aromatic heterocycles. The summed E-state index contributed by atoms with van der Waals surface area (Å²) in [7, 11) is 4.85. The normalized spacial score (nSPS) is 9.82. The van der Waals surface area contributed by atoms with E-state index in [-0.39, 0.29) is 89.4 Å². The number of rotatable bonds is 17. The first-order valence-electron chi connectivity index (χ1n) is 23.3. The summed E-state index contributed by atoms with van der Waals surface area (Å²) >= 11 is 11.7. The number of phenolic OH excluding ortho intramolecular Hbond substituents is 1. The largest absolute Gasteiger partial charge is 0.502 e. The molecule has 0 saturated heterocycles. The van der Waals surface area contributed by atoms with Crippen LogP contribution < -0.4 is 24.8 Å². The number of carboxylic acid groups (broad SMARTS) is 2. The lowest BCUT2D eigenvalue weighted by Crippen LogP contribution is -2.14. The van der Waals surface area contributed by atoms with Crippen LogP contribution in [0, 0.1) is 70.8 Å². The van der Waals surface area contributed by atoms with Crippen LogP contribution in [0.1, 0.15) is 51.8 Å². The summed E-state index contributed by atoms with van der Waals surface area (Å²) in [5.74, 6) is -7.00. The van der Waals surface area contributed by atoms with Crippen LogP contribution in [0.4, 0.5) is 51.2 Å². The Kier molecular flexibility index (Phi) is 25.6. The fourth-order valence-electron chi connectivity index (χ4n) is 6.80. The zero-order chi connectivity index (χ0) is 67.1. The van der Waals surface area contributed by atoms with Gasteiger partial charge in [0.25, 0.3) is 23.2 Å². The van der Waals surface area contributed by atoms with E-state index < -0.39 is 92.6 Å². The number of nitrogens with one attached hydrogen (secondary N) is 2. The molecule has 7 aromatic rings. The van der Waals surface area contributed by atoms with Gasteiger partial charge in [0, 0.05) is 54.6 Å². The Labute approximate surface area is 504 Å². The van der Waals surface area contributed by atoms with Gasteiger partial charge < -0.3 is 50.0 Å². The first-order valence-corrected chi connectivity index (χ1v) is 24.1. The van der Waals surface area contributed by atoms with Crippen LogP contribution in [-0.4, -0.2) is 113 Å². The number of nitro groups is 7. The number of benzene rings is 7. The zero-order valence-electron chi connectivity index (χ0n) is 45.2. The number of nitrogens with zero attached hydrogens (tertiary/aromatic N) is 7. The van der Waals surface area contributed by atoms with E-state index in [2.05, 4.69) is 20.1 Å². The molecule has 0 aliphatic carbocycles. The average molecular weight is 1280 g/mol. The number of hydrogen-bond donors (Lipinski definition) is 6. The van der Waals surface area contributed by atoms with Crippen molar-refractivity contribution in [3.63, 3.8) is 0 Å². The van der Waals surface area contributed by atoms with Crippen molar-refractivity contribution < 1.29 is 97.8 Å². The van der Waals surface area contributed by atoms with Gasteiger partial charge in [-0.2, -0.15) is 0 Å². The number of methoxy groups -OCH3 is 4. The molecular formula is C51H39Cl2N9O27. The summed E-state index contributed by atoms with van der Waals surface area (Å²) in [6, 6.07) is 25.4. The van der Waals surface area contributed by atoms with Gasteiger partial charge in [0.1, 0.15) is 16.7 Å². The van der Waals surface area contributed by atoms with Crippen LogP contribution in [0.5, 0.6) is 28.7 Å². The number of aromatic hydroxyl groups is 2. The van der Waals surface area contributed by atoms with Gasteiger partial charge in [0.15, 0.2) is 0 Å². The number of halogens is 2. The molecule has 0 fully saturated rings. The maximum atomic E-state index is 12.3. The number of ether oxygens (including phenoxy) is 4. The number of nitro benzene ring substituents is 7. The number of carbonyl (C=O) groups is 5. The molecule has 7 rings (SSSR count). The Morgan fingerprint density at radius 1 is 0.393 bits per heavy atom. The van der Waals surface area contributed by atoms with Gasteiger partial charge in [-0.15, -0.1) is 0 Å². The molecule has 36 nitrogen and oxygen atoms in total. The van der Waals surface area contributed by atoms with Gasteiger partial charge in [-0.1, -0.05) is 53.5 Å². The Bertz CT molecular complexity index is 3900. The van der Waals surface area contributed by atoms with Crippen LogP contribution in [0.3, 0.4) is 0 Å². The Balaban J connectivity index is 0.000000298. The number of non-ortho nitro benzene ring substituents is 2. The first-order chi connectivity index (χ1) is 41.9. The molecule has 464 valence electrons. The maximum Gasteiger partial charge on any atom is 0.341 e.